The lowest BCUT2D eigenvalue weighted by atomic mass is 10.1. The lowest BCUT2D eigenvalue weighted by Gasteiger charge is -2.29. The Kier molecular flexibility index (Phi) is 3.76. The van der Waals surface area contributed by atoms with Crippen molar-refractivity contribution >= 4 is 5.82 Å². The molecule has 6 nitrogen and oxygen atoms in total. The van der Waals surface area contributed by atoms with Crippen molar-refractivity contribution in [1.82, 2.24) is 14.9 Å². The summed E-state index contributed by atoms with van der Waals surface area (Å²) in [5.41, 5.74) is 3.56. The second kappa shape index (κ2) is 5.54. The summed E-state index contributed by atoms with van der Waals surface area (Å²) in [6, 6.07) is 0. The Balaban J connectivity index is 1.78. The Bertz CT molecular complexity index is 481. The van der Waals surface area contributed by atoms with Gasteiger partial charge in [-0.25, -0.2) is 10.8 Å². The summed E-state index contributed by atoms with van der Waals surface area (Å²) in [7, 11) is 2.15. The first-order chi connectivity index (χ1) is 9.67. The molecule has 2 fully saturated rings. The Morgan fingerprint density at radius 2 is 1.90 bits per heavy atom. The van der Waals surface area contributed by atoms with Crippen LogP contribution in [-0.4, -0.2) is 41.1 Å². The Labute approximate surface area is 119 Å². The van der Waals surface area contributed by atoms with E-state index in [9.17, 15) is 0 Å². The highest BCUT2D eigenvalue weighted by atomic mass is 16.5. The fourth-order valence-electron chi connectivity index (χ4n) is 2.55. The largest absolute Gasteiger partial charge is 0.474 e. The maximum Gasteiger partial charge on any atom is 0.222 e. The standard InChI is InChI=1S/C14H23N5O/c1-9-12(18-15)16-13(10-3-4-10)17-14(9)20-11-5-7-19(2)8-6-11/h10-11H,3-8,15H2,1-2H3,(H,16,17,18). The third kappa shape index (κ3) is 2.86. The van der Waals surface area contributed by atoms with Gasteiger partial charge < -0.3 is 15.1 Å². The summed E-state index contributed by atoms with van der Waals surface area (Å²) >= 11 is 0. The van der Waals surface area contributed by atoms with Gasteiger partial charge in [-0.05, 0) is 39.7 Å². The number of nitrogens with two attached hydrogens (primary N) is 1. The number of hydrogen-bond acceptors (Lipinski definition) is 6. The van der Waals surface area contributed by atoms with E-state index in [-0.39, 0.29) is 6.10 Å². The smallest absolute Gasteiger partial charge is 0.222 e. The first-order valence-corrected chi connectivity index (χ1v) is 7.37. The van der Waals surface area contributed by atoms with Gasteiger partial charge in [0, 0.05) is 19.0 Å². The molecule has 0 bridgehead atoms. The van der Waals surface area contributed by atoms with Crippen LogP contribution in [0.1, 0.15) is 43.0 Å². The Morgan fingerprint density at radius 3 is 2.50 bits per heavy atom. The van der Waals surface area contributed by atoms with E-state index in [0.717, 1.165) is 37.3 Å². The Morgan fingerprint density at radius 1 is 1.20 bits per heavy atom. The molecule has 0 unspecified atom stereocenters. The molecule has 110 valence electrons. The van der Waals surface area contributed by atoms with Gasteiger partial charge in [0.1, 0.15) is 17.7 Å². The number of ether oxygens (including phenoxy) is 1. The first-order valence-electron chi connectivity index (χ1n) is 7.37. The van der Waals surface area contributed by atoms with Gasteiger partial charge >= 0.3 is 0 Å². The number of piperidine rings is 1. The second-order valence-electron chi connectivity index (χ2n) is 5.90. The van der Waals surface area contributed by atoms with Crippen molar-refractivity contribution in [2.75, 3.05) is 25.6 Å². The monoisotopic (exact) mass is 277 g/mol. The average molecular weight is 277 g/mol. The number of nitrogens with one attached hydrogen (secondary N) is 1. The molecule has 1 saturated heterocycles. The van der Waals surface area contributed by atoms with Gasteiger partial charge in [-0.15, -0.1) is 0 Å². The van der Waals surface area contributed by atoms with Crippen LogP contribution in [0, 0.1) is 6.92 Å². The number of aromatic nitrogens is 2. The summed E-state index contributed by atoms with van der Waals surface area (Å²) in [4.78, 5) is 11.4. The van der Waals surface area contributed by atoms with Gasteiger partial charge in [-0.2, -0.15) is 4.98 Å². The molecule has 0 atom stereocenters. The van der Waals surface area contributed by atoms with Gasteiger partial charge in [0.15, 0.2) is 0 Å². The molecule has 1 aromatic heterocycles. The molecule has 1 aliphatic heterocycles. The highest BCUT2D eigenvalue weighted by Crippen LogP contribution is 2.40. The molecule has 0 radical (unpaired) electrons. The zero-order valence-corrected chi connectivity index (χ0v) is 12.2. The minimum atomic E-state index is 0.248. The van der Waals surface area contributed by atoms with Crippen LogP contribution >= 0.6 is 0 Å². The minimum absolute atomic E-state index is 0.248. The fraction of sp³-hybridized carbons (Fsp3) is 0.714. The van der Waals surface area contributed by atoms with E-state index in [1.54, 1.807) is 0 Å². The summed E-state index contributed by atoms with van der Waals surface area (Å²) in [5, 5.41) is 0. The van der Waals surface area contributed by atoms with E-state index in [1.807, 2.05) is 6.92 Å². The fourth-order valence-corrected chi connectivity index (χ4v) is 2.55. The van der Waals surface area contributed by atoms with Crippen molar-refractivity contribution in [3.8, 4) is 5.88 Å². The zero-order chi connectivity index (χ0) is 14.1. The Hall–Kier alpha value is -1.40. The van der Waals surface area contributed by atoms with E-state index >= 15 is 0 Å². The zero-order valence-electron chi connectivity index (χ0n) is 12.2. The van der Waals surface area contributed by atoms with Crippen LogP contribution < -0.4 is 16.0 Å². The van der Waals surface area contributed by atoms with Crippen LogP contribution in [0.15, 0.2) is 0 Å². The maximum atomic E-state index is 6.12. The number of anilines is 1. The third-order valence-corrected chi connectivity index (χ3v) is 4.14. The van der Waals surface area contributed by atoms with E-state index in [1.165, 1.54) is 12.8 Å². The highest BCUT2D eigenvalue weighted by molar-refractivity contribution is 5.48. The molecule has 0 spiro atoms. The summed E-state index contributed by atoms with van der Waals surface area (Å²) < 4.78 is 6.12. The molecule has 1 aliphatic carbocycles. The van der Waals surface area contributed by atoms with Crippen LogP contribution in [0.25, 0.3) is 0 Å². The quantitative estimate of drug-likeness (QED) is 0.640. The maximum absolute atomic E-state index is 6.12. The molecule has 0 aromatic carbocycles. The van der Waals surface area contributed by atoms with Gasteiger partial charge in [0.2, 0.25) is 5.88 Å². The van der Waals surface area contributed by atoms with Crippen LogP contribution in [0.2, 0.25) is 0 Å². The number of rotatable bonds is 4. The molecule has 2 aliphatic rings. The van der Waals surface area contributed by atoms with Gasteiger partial charge in [0.25, 0.3) is 0 Å². The SMILES string of the molecule is Cc1c(NN)nc(C2CC2)nc1OC1CCN(C)CC1. The molecule has 20 heavy (non-hydrogen) atoms. The van der Waals surface area contributed by atoms with Crippen LogP contribution in [0.4, 0.5) is 5.82 Å². The van der Waals surface area contributed by atoms with Crippen molar-refractivity contribution in [3.05, 3.63) is 11.4 Å². The van der Waals surface area contributed by atoms with Gasteiger partial charge in [-0.1, -0.05) is 0 Å². The predicted molar refractivity (Wildman–Crippen MR) is 77.7 cm³/mol. The van der Waals surface area contributed by atoms with E-state index < -0.39 is 0 Å². The van der Waals surface area contributed by atoms with E-state index in [0.29, 0.717) is 17.6 Å². The highest BCUT2D eigenvalue weighted by Gasteiger charge is 2.29. The van der Waals surface area contributed by atoms with Crippen molar-refractivity contribution in [1.29, 1.82) is 0 Å². The molecule has 0 amide bonds. The average Bonchev–Trinajstić information content (AvgIpc) is 3.28. The van der Waals surface area contributed by atoms with Gasteiger partial charge in [-0.3, -0.25) is 0 Å². The van der Waals surface area contributed by atoms with Crippen LogP contribution in [0.3, 0.4) is 0 Å². The second-order valence-corrected chi connectivity index (χ2v) is 5.90. The number of likely N-dealkylation sites (tertiary alicyclic amines) is 1. The van der Waals surface area contributed by atoms with Crippen molar-refractivity contribution < 1.29 is 4.74 Å². The number of nitrogen functional groups attached to an aromatic ring is 1. The van der Waals surface area contributed by atoms with Crippen molar-refractivity contribution in [3.63, 3.8) is 0 Å². The summed E-state index contributed by atoms with van der Waals surface area (Å²) in [6.07, 6.45) is 4.67. The predicted octanol–water partition coefficient (Wildman–Crippen LogP) is 1.42. The molecule has 6 heteroatoms. The van der Waals surface area contributed by atoms with Crippen LogP contribution in [0.5, 0.6) is 5.88 Å². The molecule has 1 aromatic rings. The van der Waals surface area contributed by atoms with Gasteiger partial charge in [0.05, 0.1) is 5.56 Å². The minimum Gasteiger partial charge on any atom is -0.474 e. The topological polar surface area (TPSA) is 76.3 Å². The molecule has 1 saturated carbocycles. The lowest BCUT2D eigenvalue weighted by molar-refractivity contribution is 0.109. The number of hydrogen-bond donors (Lipinski definition) is 2. The molecular weight excluding hydrogens is 254 g/mol. The van der Waals surface area contributed by atoms with Crippen molar-refractivity contribution in [2.24, 2.45) is 5.84 Å². The number of nitrogens with zero attached hydrogens (tertiary/aromatic N) is 3. The third-order valence-electron chi connectivity index (χ3n) is 4.14. The molecular formula is C14H23N5O. The summed E-state index contributed by atoms with van der Waals surface area (Å²) in [5.74, 6) is 8.30. The molecule has 3 N–H and O–H groups in total. The molecule has 3 rings (SSSR count). The lowest BCUT2D eigenvalue weighted by Crippen LogP contribution is -2.36. The van der Waals surface area contributed by atoms with E-state index in [2.05, 4.69) is 27.3 Å². The van der Waals surface area contributed by atoms with Crippen LogP contribution in [-0.2, 0) is 0 Å². The van der Waals surface area contributed by atoms with E-state index in [4.69, 9.17) is 10.6 Å². The normalized spacial score (nSPS) is 20.9. The van der Waals surface area contributed by atoms with Crippen molar-refractivity contribution in [2.45, 2.75) is 44.6 Å². The summed E-state index contributed by atoms with van der Waals surface area (Å²) in [6.45, 7) is 4.11. The molecule has 2 heterocycles. The number of hydrazine groups is 1. The first kappa shape index (κ1) is 13.6.